The van der Waals surface area contributed by atoms with Crippen LogP contribution in [0.25, 0.3) is 11.0 Å². The Labute approximate surface area is 157 Å². The number of carbonyl (C=O) groups excluding carboxylic acids is 1. The monoisotopic (exact) mass is 403 g/mol. The number of Topliss-reactive ketones (excluding diaryl/α,β-unsaturated/α-hetero) is 1. The molecule has 0 aliphatic rings. The fraction of sp³-hybridized carbons (Fsp3) is 0.263. The van der Waals surface area contributed by atoms with Crippen molar-refractivity contribution in [3.8, 4) is 0 Å². The lowest BCUT2D eigenvalue weighted by molar-refractivity contribution is 0.0974. The van der Waals surface area contributed by atoms with Crippen LogP contribution in [0.2, 0.25) is 0 Å². The van der Waals surface area contributed by atoms with Crippen molar-refractivity contribution in [1.82, 2.24) is 9.55 Å². The molecule has 0 radical (unpaired) electrons. The van der Waals surface area contributed by atoms with Gasteiger partial charge in [0.2, 0.25) is 5.95 Å². The maximum Gasteiger partial charge on any atom is 0.204 e. The van der Waals surface area contributed by atoms with Crippen LogP contribution in [-0.2, 0) is 6.54 Å². The van der Waals surface area contributed by atoms with Crippen molar-refractivity contribution in [1.29, 1.82) is 0 Å². The van der Waals surface area contributed by atoms with Crippen LogP contribution in [0.4, 0.5) is 5.95 Å². The van der Waals surface area contributed by atoms with Gasteiger partial charge in [0, 0.05) is 12.1 Å². The largest absolute Gasteiger partial charge is 0.395 e. The molecule has 2 aromatic carbocycles. The minimum Gasteiger partial charge on any atom is -0.395 e. The van der Waals surface area contributed by atoms with Gasteiger partial charge in [-0.1, -0.05) is 30.3 Å². The zero-order valence-corrected chi connectivity index (χ0v) is 16.0. The lowest BCUT2D eigenvalue weighted by atomic mass is 10.1. The standard InChI is InChI=1S/C19H21N3O2.BrH/c1-13-10-16-17(11-14(13)2)22(19(21-16)20-8-9-23)12-18(24)15-6-4-3-5-7-15;/h3-7,10-11,23H,8-9,12H2,1-2H3,(H,20,21);1H. The number of hydrogen-bond acceptors (Lipinski definition) is 4. The number of nitrogens with one attached hydrogen (secondary N) is 1. The number of rotatable bonds is 6. The average molecular weight is 404 g/mol. The van der Waals surface area contributed by atoms with Gasteiger partial charge < -0.3 is 15.0 Å². The summed E-state index contributed by atoms with van der Waals surface area (Å²) in [6.07, 6.45) is 0. The quantitative estimate of drug-likeness (QED) is 0.617. The summed E-state index contributed by atoms with van der Waals surface area (Å²) in [4.78, 5) is 17.2. The van der Waals surface area contributed by atoms with E-state index < -0.39 is 0 Å². The van der Waals surface area contributed by atoms with Gasteiger partial charge in [0.05, 0.1) is 24.2 Å². The van der Waals surface area contributed by atoms with Crippen LogP contribution in [0.1, 0.15) is 21.5 Å². The molecule has 0 fully saturated rings. The summed E-state index contributed by atoms with van der Waals surface area (Å²) >= 11 is 0. The molecule has 0 spiro atoms. The van der Waals surface area contributed by atoms with E-state index in [2.05, 4.69) is 16.4 Å². The molecule has 0 aliphatic heterocycles. The van der Waals surface area contributed by atoms with E-state index in [1.807, 2.05) is 54.8 Å². The molecule has 0 amide bonds. The molecule has 3 aromatic rings. The Balaban J connectivity index is 0.00000225. The number of aromatic nitrogens is 2. The predicted octanol–water partition coefficient (Wildman–Crippen LogP) is 3.52. The number of aliphatic hydroxyl groups is 1. The van der Waals surface area contributed by atoms with Gasteiger partial charge in [0.15, 0.2) is 5.78 Å². The van der Waals surface area contributed by atoms with Crippen LogP contribution in [0, 0.1) is 13.8 Å². The zero-order chi connectivity index (χ0) is 17.1. The molecule has 1 heterocycles. The lowest BCUT2D eigenvalue weighted by Gasteiger charge is -2.10. The summed E-state index contributed by atoms with van der Waals surface area (Å²) in [5.74, 6) is 0.633. The molecule has 1 aromatic heterocycles. The number of nitrogens with zero attached hydrogens (tertiary/aromatic N) is 2. The average Bonchev–Trinajstić information content (AvgIpc) is 2.91. The summed E-state index contributed by atoms with van der Waals surface area (Å²) in [5.41, 5.74) is 4.76. The molecule has 0 saturated carbocycles. The molecular formula is C19H22BrN3O2. The van der Waals surface area contributed by atoms with Gasteiger partial charge in [0.1, 0.15) is 0 Å². The summed E-state index contributed by atoms with van der Waals surface area (Å²) < 4.78 is 1.88. The summed E-state index contributed by atoms with van der Waals surface area (Å²) in [6, 6.07) is 13.3. The molecule has 6 heteroatoms. The number of imidazole rings is 1. The fourth-order valence-corrected chi connectivity index (χ4v) is 2.70. The van der Waals surface area contributed by atoms with E-state index >= 15 is 0 Å². The van der Waals surface area contributed by atoms with Crippen molar-refractivity contribution < 1.29 is 9.90 Å². The summed E-state index contributed by atoms with van der Waals surface area (Å²) in [5, 5.41) is 12.2. The number of ketones is 1. The van der Waals surface area contributed by atoms with Crippen LogP contribution in [0.3, 0.4) is 0 Å². The van der Waals surface area contributed by atoms with Gasteiger partial charge in [-0.3, -0.25) is 4.79 Å². The number of aliphatic hydroxyl groups excluding tert-OH is 1. The second-order valence-electron chi connectivity index (χ2n) is 5.89. The van der Waals surface area contributed by atoms with Crippen LogP contribution < -0.4 is 5.32 Å². The minimum absolute atomic E-state index is 0. The number of anilines is 1. The minimum atomic E-state index is 0. The van der Waals surface area contributed by atoms with Crippen molar-refractivity contribution >= 4 is 39.7 Å². The fourth-order valence-electron chi connectivity index (χ4n) is 2.70. The number of fused-ring (bicyclic) bond motifs is 1. The Morgan fingerprint density at radius 2 is 1.84 bits per heavy atom. The Hall–Kier alpha value is -2.18. The first kappa shape index (κ1) is 19.1. The van der Waals surface area contributed by atoms with E-state index in [9.17, 15) is 4.79 Å². The molecule has 3 rings (SSSR count). The predicted molar refractivity (Wildman–Crippen MR) is 106 cm³/mol. The first-order chi connectivity index (χ1) is 11.6. The normalized spacial score (nSPS) is 10.5. The van der Waals surface area contributed by atoms with E-state index in [4.69, 9.17) is 5.11 Å². The Bertz CT molecular complexity index is 875. The van der Waals surface area contributed by atoms with E-state index in [-0.39, 0.29) is 35.9 Å². The third kappa shape index (κ3) is 4.08. The molecule has 2 N–H and O–H groups in total. The van der Waals surface area contributed by atoms with Crippen LogP contribution in [-0.4, -0.2) is 33.6 Å². The van der Waals surface area contributed by atoms with E-state index in [0.717, 1.165) is 22.2 Å². The maximum atomic E-state index is 12.6. The van der Waals surface area contributed by atoms with Crippen LogP contribution in [0.15, 0.2) is 42.5 Å². The third-order valence-corrected chi connectivity index (χ3v) is 4.16. The van der Waals surface area contributed by atoms with E-state index in [1.54, 1.807) is 0 Å². The number of halogens is 1. The number of benzene rings is 2. The second kappa shape index (κ2) is 8.27. The lowest BCUT2D eigenvalue weighted by Crippen LogP contribution is -2.15. The van der Waals surface area contributed by atoms with Crippen molar-refractivity contribution in [3.63, 3.8) is 0 Å². The number of carbonyl (C=O) groups is 1. The zero-order valence-electron chi connectivity index (χ0n) is 14.3. The number of hydrogen-bond donors (Lipinski definition) is 2. The van der Waals surface area contributed by atoms with Crippen LogP contribution >= 0.6 is 17.0 Å². The Kier molecular flexibility index (Phi) is 6.33. The van der Waals surface area contributed by atoms with Gasteiger partial charge in [-0.15, -0.1) is 17.0 Å². The molecule has 25 heavy (non-hydrogen) atoms. The number of aryl methyl sites for hydroxylation is 2. The SMILES string of the molecule is Br.Cc1cc2nc(NCCO)n(CC(=O)c3ccccc3)c2cc1C. The first-order valence-corrected chi connectivity index (χ1v) is 8.00. The third-order valence-electron chi connectivity index (χ3n) is 4.16. The smallest absolute Gasteiger partial charge is 0.204 e. The molecule has 0 bridgehead atoms. The molecule has 0 unspecified atom stereocenters. The first-order valence-electron chi connectivity index (χ1n) is 8.00. The van der Waals surface area contributed by atoms with Gasteiger partial charge in [0.25, 0.3) is 0 Å². The van der Waals surface area contributed by atoms with E-state index in [0.29, 0.717) is 18.1 Å². The second-order valence-corrected chi connectivity index (χ2v) is 5.89. The summed E-state index contributed by atoms with van der Waals surface area (Å²) in [6.45, 7) is 4.70. The molecule has 0 atom stereocenters. The van der Waals surface area contributed by atoms with Crippen molar-refractivity contribution in [2.45, 2.75) is 20.4 Å². The molecule has 0 saturated heterocycles. The van der Waals surface area contributed by atoms with Gasteiger partial charge in [-0.05, 0) is 37.1 Å². The Morgan fingerprint density at radius 1 is 1.16 bits per heavy atom. The van der Waals surface area contributed by atoms with Crippen molar-refractivity contribution in [3.05, 3.63) is 59.2 Å². The topological polar surface area (TPSA) is 67.2 Å². The highest BCUT2D eigenvalue weighted by Gasteiger charge is 2.15. The molecule has 5 nitrogen and oxygen atoms in total. The van der Waals surface area contributed by atoms with Gasteiger partial charge in [-0.2, -0.15) is 0 Å². The van der Waals surface area contributed by atoms with E-state index in [1.165, 1.54) is 0 Å². The van der Waals surface area contributed by atoms with Crippen molar-refractivity contribution in [2.24, 2.45) is 0 Å². The maximum absolute atomic E-state index is 12.6. The highest BCUT2D eigenvalue weighted by Crippen LogP contribution is 2.24. The van der Waals surface area contributed by atoms with Gasteiger partial charge in [-0.25, -0.2) is 4.98 Å². The van der Waals surface area contributed by atoms with Crippen LogP contribution in [0.5, 0.6) is 0 Å². The summed E-state index contributed by atoms with van der Waals surface area (Å²) in [7, 11) is 0. The highest BCUT2D eigenvalue weighted by atomic mass is 79.9. The van der Waals surface area contributed by atoms with Crippen molar-refractivity contribution in [2.75, 3.05) is 18.5 Å². The molecular weight excluding hydrogens is 382 g/mol. The van der Waals surface area contributed by atoms with Gasteiger partial charge >= 0.3 is 0 Å². The highest BCUT2D eigenvalue weighted by molar-refractivity contribution is 8.93. The molecule has 0 aliphatic carbocycles. The molecule has 132 valence electrons. The Morgan fingerprint density at radius 3 is 2.52 bits per heavy atom.